The molecule has 2 heterocycles. The first kappa shape index (κ1) is 9.21. The van der Waals surface area contributed by atoms with Crippen molar-refractivity contribution in [1.29, 1.82) is 0 Å². The summed E-state index contributed by atoms with van der Waals surface area (Å²) in [7, 11) is 0. The summed E-state index contributed by atoms with van der Waals surface area (Å²) in [6.45, 7) is 1.96. The molecule has 14 heavy (non-hydrogen) atoms. The van der Waals surface area contributed by atoms with E-state index < -0.39 is 0 Å². The summed E-state index contributed by atoms with van der Waals surface area (Å²) >= 11 is 5.03. The summed E-state index contributed by atoms with van der Waals surface area (Å²) < 4.78 is 5.32. The van der Waals surface area contributed by atoms with Gasteiger partial charge in [0.25, 0.3) is 0 Å². The molecule has 4 nitrogen and oxygen atoms in total. The minimum absolute atomic E-state index is 0.0799. The van der Waals surface area contributed by atoms with Gasteiger partial charge in [-0.2, -0.15) is 5.10 Å². The summed E-state index contributed by atoms with van der Waals surface area (Å²) in [6.07, 6.45) is 2.45. The Morgan fingerprint density at radius 1 is 1.64 bits per heavy atom. The lowest BCUT2D eigenvalue weighted by Gasteiger charge is -2.13. The summed E-state index contributed by atoms with van der Waals surface area (Å²) in [5, 5.41) is 7.74. The molecule has 1 atom stereocenters. The number of hydrazone groups is 1. The molecule has 1 unspecified atom stereocenters. The minimum atomic E-state index is 0.0799. The maximum Gasteiger partial charge on any atom is 0.187 e. The molecule has 1 aromatic rings. The van der Waals surface area contributed by atoms with Gasteiger partial charge in [0.2, 0.25) is 0 Å². The highest BCUT2D eigenvalue weighted by Crippen LogP contribution is 2.18. The number of rotatable bonds is 1. The monoisotopic (exact) mass is 209 g/mol. The molecule has 1 aliphatic heterocycles. The molecule has 2 N–H and O–H groups in total. The molecule has 0 fully saturated rings. The first-order valence-electron chi connectivity index (χ1n) is 4.39. The molecule has 0 aliphatic carbocycles. The zero-order valence-corrected chi connectivity index (χ0v) is 8.60. The van der Waals surface area contributed by atoms with Gasteiger partial charge < -0.3 is 9.73 Å². The Bertz CT molecular complexity index is 358. The molecule has 0 saturated heterocycles. The van der Waals surface area contributed by atoms with Crippen molar-refractivity contribution in [3.8, 4) is 0 Å². The van der Waals surface area contributed by atoms with Crippen LogP contribution < -0.4 is 10.7 Å². The summed E-state index contributed by atoms with van der Waals surface area (Å²) in [4.78, 5) is 0. The summed E-state index contributed by atoms with van der Waals surface area (Å²) in [6, 6.07) is 3.88. The fraction of sp³-hybridized carbons (Fsp3) is 0.333. The van der Waals surface area contributed by atoms with E-state index in [0.717, 1.165) is 17.9 Å². The van der Waals surface area contributed by atoms with Gasteiger partial charge in [0.05, 0.1) is 12.3 Å². The molecular weight excluding hydrogens is 198 g/mol. The first-order chi connectivity index (χ1) is 6.75. The molecule has 0 radical (unpaired) electrons. The summed E-state index contributed by atoms with van der Waals surface area (Å²) in [5.74, 6) is 0.880. The van der Waals surface area contributed by atoms with Gasteiger partial charge in [0.1, 0.15) is 5.76 Å². The second-order valence-corrected chi connectivity index (χ2v) is 3.61. The van der Waals surface area contributed by atoms with Crippen LogP contribution in [0.1, 0.15) is 25.1 Å². The molecule has 0 bridgehead atoms. The fourth-order valence-corrected chi connectivity index (χ4v) is 1.58. The Hall–Kier alpha value is -1.36. The lowest BCUT2D eigenvalue weighted by atomic mass is 10.1. The van der Waals surface area contributed by atoms with Gasteiger partial charge in [0, 0.05) is 12.1 Å². The third-order valence-corrected chi connectivity index (χ3v) is 2.25. The Labute approximate surface area is 87.4 Å². The maximum atomic E-state index is 5.32. The van der Waals surface area contributed by atoms with Gasteiger partial charge >= 0.3 is 0 Å². The highest BCUT2D eigenvalue weighted by atomic mass is 32.1. The standard InChI is InChI=1S/C9H11N3OS/c1-6-5-7(8-3-2-4-13-8)10-9(14)12-11-6/h2-4,7H,5H2,1H3,(H2,10,12,14). The van der Waals surface area contributed by atoms with E-state index >= 15 is 0 Å². The Kier molecular flexibility index (Phi) is 2.49. The molecule has 74 valence electrons. The fourth-order valence-electron chi connectivity index (χ4n) is 1.39. The molecule has 1 aromatic heterocycles. The van der Waals surface area contributed by atoms with Crippen LogP contribution in [0.4, 0.5) is 0 Å². The maximum absolute atomic E-state index is 5.32. The van der Waals surface area contributed by atoms with Crippen molar-refractivity contribution < 1.29 is 4.42 Å². The van der Waals surface area contributed by atoms with E-state index in [-0.39, 0.29) is 6.04 Å². The van der Waals surface area contributed by atoms with Crippen LogP contribution in [0.15, 0.2) is 27.9 Å². The normalized spacial score (nSPS) is 21.9. The molecular formula is C9H11N3OS. The van der Waals surface area contributed by atoms with E-state index in [1.165, 1.54) is 0 Å². The zero-order chi connectivity index (χ0) is 9.97. The SMILES string of the molecule is CC1=NNC(=S)NC(c2ccco2)C1. The summed E-state index contributed by atoms with van der Waals surface area (Å²) in [5.41, 5.74) is 3.75. The smallest absolute Gasteiger partial charge is 0.187 e. The van der Waals surface area contributed by atoms with Crippen molar-refractivity contribution in [2.24, 2.45) is 5.10 Å². The third-order valence-electron chi connectivity index (χ3n) is 2.04. The van der Waals surface area contributed by atoms with Crippen molar-refractivity contribution in [2.45, 2.75) is 19.4 Å². The lowest BCUT2D eigenvalue weighted by Crippen LogP contribution is -2.32. The highest BCUT2D eigenvalue weighted by molar-refractivity contribution is 7.80. The average Bonchev–Trinajstić information content (AvgIpc) is 2.61. The number of hydrogen-bond acceptors (Lipinski definition) is 3. The molecule has 1 aliphatic rings. The van der Waals surface area contributed by atoms with Crippen molar-refractivity contribution in [2.75, 3.05) is 0 Å². The van der Waals surface area contributed by atoms with Crippen molar-refractivity contribution in [3.05, 3.63) is 24.2 Å². The zero-order valence-electron chi connectivity index (χ0n) is 7.78. The van der Waals surface area contributed by atoms with Crippen LogP contribution in [0.2, 0.25) is 0 Å². The second kappa shape index (κ2) is 3.79. The van der Waals surface area contributed by atoms with Crippen LogP contribution in [-0.4, -0.2) is 10.8 Å². The molecule has 0 amide bonds. The van der Waals surface area contributed by atoms with E-state index in [9.17, 15) is 0 Å². The van der Waals surface area contributed by atoms with Crippen LogP contribution >= 0.6 is 12.2 Å². The van der Waals surface area contributed by atoms with E-state index in [4.69, 9.17) is 16.6 Å². The quantitative estimate of drug-likeness (QED) is 0.689. The number of furan rings is 1. The first-order valence-corrected chi connectivity index (χ1v) is 4.79. The second-order valence-electron chi connectivity index (χ2n) is 3.20. The van der Waals surface area contributed by atoms with Crippen molar-refractivity contribution in [3.63, 3.8) is 0 Å². The van der Waals surface area contributed by atoms with E-state index in [1.54, 1.807) is 6.26 Å². The van der Waals surface area contributed by atoms with Crippen molar-refractivity contribution in [1.82, 2.24) is 10.7 Å². The van der Waals surface area contributed by atoms with Gasteiger partial charge in [-0.15, -0.1) is 0 Å². The van der Waals surface area contributed by atoms with E-state index in [2.05, 4.69) is 15.8 Å². The topological polar surface area (TPSA) is 49.6 Å². The Morgan fingerprint density at radius 3 is 3.21 bits per heavy atom. The Morgan fingerprint density at radius 2 is 2.50 bits per heavy atom. The number of hydrogen-bond donors (Lipinski definition) is 2. The predicted octanol–water partition coefficient (Wildman–Crippen LogP) is 1.56. The largest absolute Gasteiger partial charge is 0.467 e. The van der Waals surface area contributed by atoms with Crippen LogP contribution in [0, 0.1) is 0 Å². The van der Waals surface area contributed by atoms with Crippen LogP contribution in [0.3, 0.4) is 0 Å². The van der Waals surface area contributed by atoms with Crippen LogP contribution in [0.25, 0.3) is 0 Å². The van der Waals surface area contributed by atoms with Gasteiger partial charge in [-0.25, -0.2) is 0 Å². The molecule has 0 aromatic carbocycles. The lowest BCUT2D eigenvalue weighted by molar-refractivity contribution is 0.454. The van der Waals surface area contributed by atoms with E-state index in [1.807, 2.05) is 19.1 Å². The molecule has 0 saturated carbocycles. The van der Waals surface area contributed by atoms with Crippen molar-refractivity contribution >= 4 is 23.0 Å². The third kappa shape index (κ3) is 1.93. The van der Waals surface area contributed by atoms with Crippen LogP contribution in [-0.2, 0) is 0 Å². The predicted molar refractivity (Wildman–Crippen MR) is 58.0 cm³/mol. The number of thiocarbonyl (C=S) groups is 1. The van der Waals surface area contributed by atoms with Gasteiger partial charge in [-0.3, -0.25) is 5.43 Å². The minimum Gasteiger partial charge on any atom is -0.467 e. The molecule has 0 spiro atoms. The van der Waals surface area contributed by atoms with Crippen LogP contribution in [0.5, 0.6) is 0 Å². The number of nitrogens with one attached hydrogen (secondary N) is 2. The molecule has 2 rings (SSSR count). The van der Waals surface area contributed by atoms with E-state index in [0.29, 0.717) is 5.11 Å². The average molecular weight is 209 g/mol. The van der Waals surface area contributed by atoms with Gasteiger partial charge in [-0.1, -0.05) is 0 Å². The number of nitrogens with zero attached hydrogens (tertiary/aromatic N) is 1. The molecule has 5 heteroatoms. The Balaban J connectivity index is 2.20. The highest BCUT2D eigenvalue weighted by Gasteiger charge is 2.18. The van der Waals surface area contributed by atoms with Gasteiger partial charge in [-0.05, 0) is 31.3 Å². The van der Waals surface area contributed by atoms with Gasteiger partial charge in [0.15, 0.2) is 5.11 Å².